The molecule has 0 amide bonds. The zero-order valence-electron chi connectivity index (χ0n) is 12.4. The van der Waals surface area contributed by atoms with Gasteiger partial charge >= 0.3 is 25.4 Å². The van der Waals surface area contributed by atoms with Crippen LogP contribution in [0, 0.1) is 30.6 Å². The molecule has 0 fully saturated rings. The maximum absolute atomic E-state index is 10.4. The Kier molecular flexibility index (Phi) is 15.3. The van der Waals surface area contributed by atoms with E-state index in [1.165, 1.54) is 4.68 Å². The fourth-order valence-corrected chi connectivity index (χ4v) is 1.15. The van der Waals surface area contributed by atoms with Gasteiger partial charge in [-0.15, -0.1) is 5.10 Å². The van der Waals surface area contributed by atoms with Gasteiger partial charge in [0.15, 0.2) is 0 Å². The Balaban J connectivity index is -0.000000415. The summed E-state index contributed by atoms with van der Waals surface area (Å²) in [6, 6.07) is 5.42. The molecule has 0 aliphatic heterocycles. The van der Waals surface area contributed by atoms with Gasteiger partial charge in [0.2, 0.25) is 0 Å². The van der Waals surface area contributed by atoms with Crippen molar-refractivity contribution in [2.45, 2.75) is 6.54 Å². The Bertz CT molecular complexity index is 632. The van der Waals surface area contributed by atoms with Crippen LogP contribution in [-0.4, -0.2) is 41.2 Å². The van der Waals surface area contributed by atoms with E-state index in [-0.39, 0.29) is 31.5 Å². The summed E-state index contributed by atoms with van der Waals surface area (Å²) < 4.78 is 1.26. The monoisotopic (exact) mass is 411 g/mol. The van der Waals surface area contributed by atoms with Crippen LogP contribution < -0.4 is 0 Å². The standard InChI is InChI=1S/C9H8N4O2.2NO3.H2O.Zn/c14-9(15)6-13-5-8(11-12-13)7-3-1-2-4-10-7;2*2-1(3)4;;/h1-5H,6H2,(H,14,15);;;1H2;/q;2*-1;;+2/p+1. The molecule has 0 radical (unpaired) electrons. The number of pyridine rings is 1. The van der Waals surface area contributed by atoms with E-state index < -0.39 is 16.1 Å². The first kappa shape index (κ1) is 26.6. The van der Waals surface area contributed by atoms with Gasteiger partial charge in [-0.05, 0) is 12.1 Å². The summed E-state index contributed by atoms with van der Waals surface area (Å²) in [6.07, 6.45) is 3.20. The molecule has 0 saturated heterocycles. The number of carboxylic acid groups (broad SMARTS) is 1. The third-order valence-electron chi connectivity index (χ3n) is 1.76. The number of carbonyl (C=O) groups is 1. The minimum absolute atomic E-state index is 0. The van der Waals surface area contributed by atoms with E-state index in [1.807, 2.05) is 6.07 Å². The molecule has 16 heteroatoms. The first-order valence-electron chi connectivity index (χ1n) is 5.38. The van der Waals surface area contributed by atoms with Crippen molar-refractivity contribution in [3.63, 3.8) is 0 Å². The Morgan fingerprint density at radius 1 is 1.12 bits per heavy atom. The van der Waals surface area contributed by atoms with Crippen molar-refractivity contribution in [2.75, 3.05) is 0 Å². The average Bonchev–Trinajstić information content (AvgIpc) is 2.86. The zero-order valence-corrected chi connectivity index (χ0v) is 15.3. The molecule has 0 unspecified atom stereocenters. The normalized spacial score (nSPS) is 8.00. The SMILES string of the molecule is O=C(O)Cn1cc(-c2ccccn2)nn1.O=[N+]([O-])[O-].O=[N+]([O-])[O-].[OH3+].[Zn+2]. The van der Waals surface area contributed by atoms with Crippen molar-refractivity contribution < 1.29 is 45.0 Å². The minimum atomic E-state index is -1.75. The van der Waals surface area contributed by atoms with Crippen LogP contribution in [0.15, 0.2) is 30.6 Å². The number of hydrogen-bond donors (Lipinski definition) is 1. The van der Waals surface area contributed by atoms with E-state index >= 15 is 0 Å². The van der Waals surface area contributed by atoms with E-state index in [4.69, 9.17) is 35.7 Å². The summed E-state index contributed by atoms with van der Waals surface area (Å²) in [4.78, 5) is 31.0. The first-order valence-corrected chi connectivity index (χ1v) is 5.38. The van der Waals surface area contributed by atoms with E-state index in [2.05, 4.69) is 15.3 Å². The molecule has 25 heavy (non-hydrogen) atoms. The van der Waals surface area contributed by atoms with Crippen molar-refractivity contribution in [1.29, 1.82) is 0 Å². The molecule has 0 atom stereocenters. The Morgan fingerprint density at radius 2 is 1.64 bits per heavy atom. The number of aromatic nitrogens is 4. The van der Waals surface area contributed by atoms with Crippen molar-refractivity contribution in [1.82, 2.24) is 20.0 Å². The predicted octanol–water partition coefficient (Wildman–Crippen LogP) is -0.978. The maximum atomic E-state index is 10.4. The van der Waals surface area contributed by atoms with Gasteiger partial charge in [0, 0.05) is 6.20 Å². The molecule has 132 valence electrons. The van der Waals surface area contributed by atoms with Crippen LogP contribution in [-0.2, 0) is 36.3 Å². The molecule has 0 bridgehead atoms. The summed E-state index contributed by atoms with van der Waals surface area (Å²) in [5.41, 5.74) is 1.24. The predicted molar refractivity (Wildman–Crippen MR) is 76.5 cm³/mol. The van der Waals surface area contributed by atoms with E-state index in [0.717, 1.165) is 0 Å². The smallest absolute Gasteiger partial charge is 0.480 e. The maximum Gasteiger partial charge on any atom is 2.00 e. The summed E-state index contributed by atoms with van der Waals surface area (Å²) in [5, 5.41) is 45.5. The van der Waals surface area contributed by atoms with Crippen molar-refractivity contribution in [3.8, 4) is 11.4 Å². The molecular formula is C9H11N6O9Zn+. The van der Waals surface area contributed by atoms with E-state index in [9.17, 15) is 4.79 Å². The Labute approximate surface area is 150 Å². The second-order valence-electron chi connectivity index (χ2n) is 3.36. The summed E-state index contributed by atoms with van der Waals surface area (Å²) in [6.45, 7) is -0.195. The Hall–Kier alpha value is -3.26. The zero-order chi connectivity index (χ0) is 17.8. The van der Waals surface area contributed by atoms with Crippen LogP contribution in [0.5, 0.6) is 0 Å². The number of rotatable bonds is 3. The number of hydrogen-bond acceptors (Lipinski definition) is 10. The van der Waals surface area contributed by atoms with Gasteiger partial charge in [0.1, 0.15) is 12.2 Å². The average molecular weight is 413 g/mol. The van der Waals surface area contributed by atoms with Crippen molar-refractivity contribution in [2.24, 2.45) is 0 Å². The molecule has 2 heterocycles. The van der Waals surface area contributed by atoms with Gasteiger partial charge in [-0.1, -0.05) is 11.3 Å². The second-order valence-corrected chi connectivity index (χ2v) is 3.36. The quantitative estimate of drug-likeness (QED) is 0.277. The molecule has 0 aliphatic carbocycles. The van der Waals surface area contributed by atoms with Crippen LogP contribution in [0.1, 0.15) is 0 Å². The van der Waals surface area contributed by atoms with Crippen LogP contribution in [0.4, 0.5) is 0 Å². The number of aliphatic carboxylic acids is 1. The molecule has 15 nitrogen and oxygen atoms in total. The van der Waals surface area contributed by atoms with Crippen LogP contribution >= 0.6 is 0 Å². The molecule has 4 N–H and O–H groups in total. The van der Waals surface area contributed by atoms with Gasteiger partial charge in [-0.25, -0.2) is 4.68 Å². The molecule has 0 spiro atoms. The van der Waals surface area contributed by atoms with Crippen LogP contribution in [0.25, 0.3) is 11.4 Å². The summed E-state index contributed by atoms with van der Waals surface area (Å²) in [5.74, 6) is -0.951. The van der Waals surface area contributed by atoms with Crippen molar-refractivity contribution in [3.05, 3.63) is 61.2 Å². The first-order chi connectivity index (χ1) is 10.7. The molecule has 0 aliphatic rings. The third-order valence-corrected chi connectivity index (χ3v) is 1.76. The van der Waals surface area contributed by atoms with Crippen LogP contribution in [0.2, 0.25) is 0 Å². The molecule has 2 aromatic heterocycles. The van der Waals surface area contributed by atoms with Crippen molar-refractivity contribution >= 4 is 5.97 Å². The van der Waals surface area contributed by atoms with Crippen LogP contribution in [0.3, 0.4) is 0 Å². The van der Waals surface area contributed by atoms with Gasteiger partial charge in [0.05, 0.1) is 22.1 Å². The molecule has 2 rings (SSSR count). The topological polar surface area (TPSA) is 246 Å². The van der Waals surface area contributed by atoms with E-state index in [1.54, 1.807) is 24.5 Å². The number of nitrogens with zero attached hydrogens (tertiary/aromatic N) is 6. The van der Waals surface area contributed by atoms with Gasteiger partial charge in [-0.2, -0.15) is 0 Å². The Morgan fingerprint density at radius 3 is 2.04 bits per heavy atom. The third kappa shape index (κ3) is 15.4. The van der Waals surface area contributed by atoms with Gasteiger partial charge < -0.3 is 41.2 Å². The van der Waals surface area contributed by atoms with Gasteiger partial charge in [0.25, 0.3) is 0 Å². The fraction of sp³-hybridized carbons (Fsp3) is 0.111. The number of carboxylic acids is 1. The molecule has 2 aromatic rings. The van der Waals surface area contributed by atoms with Gasteiger partial charge in [-0.3, -0.25) is 9.78 Å². The summed E-state index contributed by atoms with van der Waals surface area (Å²) in [7, 11) is 0. The largest absolute Gasteiger partial charge is 2.00 e. The molecule has 0 aromatic carbocycles. The molecular weight excluding hydrogens is 402 g/mol. The summed E-state index contributed by atoms with van der Waals surface area (Å²) >= 11 is 0. The molecule has 0 saturated carbocycles. The fourth-order valence-electron chi connectivity index (χ4n) is 1.15. The van der Waals surface area contributed by atoms with E-state index in [0.29, 0.717) is 11.4 Å². The minimum Gasteiger partial charge on any atom is -0.480 e. The second kappa shape index (κ2) is 14.3.